The summed E-state index contributed by atoms with van der Waals surface area (Å²) in [4.78, 5) is 4.08. The molecule has 0 saturated carbocycles. The first-order valence-electron chi connectivity index (χ1n) is 6.15. The Morgan fingerprint density at radius 3 is 2.41 bits per heavy atom. The molecule has 0 aromatic carbocycles. The molecule has 2 heterocycles. The Hall–Kier alpha value is -1.35. The van der Waals surface area contributed by atoms with E-state index >= 15 is 0 Å². The highest BCUT2D eigenvalue weighted by molar-refractivity contribution is 5.50. The average molecular weight is 233 g/mol. The number of nitrogens with zero attached hydrogens (tertiary/aromatic N) is 2. The molecule has 1 aromatic rings. The summed E-state index contributed by atoms with van der Waals surface area (Å²) in [5, 5.41) is 2.05. The maximum absolute atomic E-state index is 4.08. The van der Waals surface area contributed by atoms with Crippen LogP contribution in [-0.4, -0.2) is 11.0 Å². The molecule has 3 nitrogen and oxygen atoms in total. The molecule has 94 valence electrons. The molecule has 1 aliphatic rings. The smallest absolute Gasteiger partial charge is 0.0757 e. The van der Waals surface area contributed by atoms with Gasteiger partial charge in [0.15, 0.2) is 0 Å². The minimum absolute atomic E-state index is 0.403. The number of aromatic nitrogens is 1. The second kappa shape index (κ2) is 6.40. The van der Waals surface area contributed by atoms with Crippen molar-refractivity contribution in [1.29, 1.82) is 0 Å². The summed E-state index contributed by atoms with van der Waals surface area (Å²) in [5.41, 5.74) is 5.63. The van der Waals surface area contributed by atoms with Crippen LogP contribution >= 0.6 is 0 Å². The van der Waals surface area contributed by atoms with Gasteiger partial charge in [-0.1, -0.05) is 20.8 Å². The van der Waals surface area contributed by atoms with E-state index in [-0.39, 0.29) is 0 Å². The van der Waals surface area contributed by atoms with Crippen LogP contribution in [0.1, 0.15) is 34.6 Å². The largest absolute Gasteiger partial charge is 0.280 e. The number of anilines is 1. The molecule has 0 radical (unpaired) electrons. The Balaban J connectivity index is 0.000000317. The minimum Gasteiger partial charge on any atom is -0.280 e. The Morgan fingerprint density at radius 1 is 1.35 bits per heavy atom. The van der Waals surface area contributed by atoms with Gasteiger partial charge in [0.05, 0.1) is 11.9 Å². The van der Waals surface area contributed by atoms with Gasteiger partial charge in [0.2, 0.25) is 0 Å². The minimum atomic E-state index is 0.403. The summed E-state index contributed by atoms with van der Waals surface area (Å²) in [6, 6.07) is 4.38. The van der Waals surface area contributed by atoms with E-state index in [1.807, 2.05) is 18.3 Å². The fraction of sp³-hybridized carbons (Fsp3) is 0.500. The van der Waals surface area contributed by atoms with Crippen LogP contribution in [0.3, 0.4) is 0 Å². The van der Waals surface area contributed by atoms with Crippen molar-refractivity contribution in [3.63, 3.8) is 0 Å². The maximum Gasteiger partial charge on any atom is 0.0757 e. The fourth-order valence-electron chi connectivity index (χ4n) is 1.54. The van der Waals surface area contributed by atoms with Crippen LogP contribution in [0.2, 0.25) is 0 Å². The lowest BCUT2D eigenvalue weighted by Gasteiger charge is -2.20. The second-order valence-corrected chi connectivity index (χ2v) is 5.00. The van der Waals surface area contributed by atoms with Crippen LogP contribution in [-0.2, 0) is 0 Å². The lowest BCUT2D eigenvalue weighted by Crippen LogP contribution is -2.35. The van der Waals surface area contributed by atoms with Crippen molar-refractivity contribution in [2.45, 2.75) is 40.7 Å². The van der Waals surface area contributed by atoms with Crippen molar-refractivity contribution in [2.75, 3.05) is 5.01 Å². The zero-order chi connectivity index (χ0) is 12.8. The molecule has 0 bridgehead atoms. The van der Waals surface area contributed by atoms with Gasteiger partial charge in [-0.3, -0.25) is 9.99 Å². The van der Waals surface area contributed by atoms with Gasteiger partial charge in [0, 0.05) is 17.9 Å². The molecular weight excluding hydrogens is 210 g/mol. The van der Waals surface area contributed by atoms with Crippen LogP contribution in [0.15, 0.2) is 36.3 Å². The summed E-state index contributed by atoms with van der Waals surface area (Å²) in [5.74, 6) is 0.833. The number of pyridine rings is 1. The van der Waals surface area contributed by atoms with Crippen molar-refractivity contribution < 1.29 is 0 Å². The van der Waals surface area contributed by atoms with Gasteiger partial charge >= 0.3 is 0 Å². The van der Waals surface area contributed by atoms with E-state index in [1.165, 1.54) is 5.70 Å². The zero-order valence-corrected chi connectivity index (χ0v) is 11.4. The Kier molecular flexibility index (Phi) is 5.16. The normalized spacial score (nSPS) is 18.8. The average Bonchev–Trinajstić information content (AvgIpc) is 2.58. The first kappa shape index (κ1) is 13.7. The van der Waals surface area contributed by atoms with Crippen LogP contribution in [0.25, 0.3) is 0 Å². The van der Waals surface area contributed by atoms with E-state index in [0.717, 1.165) is 11.6 Å². The van der Waals surface area contributed by atoms with Crippen molar-refractivity contribution >= 4 is 5.69 Å². The molecule has 1 N–H and O–H groups in total. The van der Waals surface area contributed by atoms with Crippen LogP contribution in [0.5, 0.6) is 0 Å². The Morgan fingerprint density at radius 2 is 2.00 bits per heavy atom. The quantitative estimate of drug-likeness (QED) is 0.806. The molecule has 2 rings (SSSR count). The van der Waals surface area contributed by atoms with Crippen molar-refractivity contribution in [2.24, 2.45) is 5.92 Å². The third-order valence-electron chi connectivity index (χ3n) is 2.08. The molecule has 1 aliphatic heterocycles. The SMILES string of the molecule is CC(C)C.CC1=CC(C)NN1c1cccnc1. The predicted molar refractivity (Wildman–Crippen MR) is 73.6 cm³/mol. The van der Waals surface area contributed by atoms with E-state index in [2.05, 4.69) is 56.1 Å². The van der Waals surface area contributed by atoms with Gasteiger partial charge in [0.1, 0.15) is 0 Å². The number of hydrogen-bond donors (Lipinski definition) is 1. The first-order valence-corrected chi connectivity index (χ1v) is 6.15. The second-order valence-electron chi connectivity index (χ2n) is 5.00. The fourth-order valence-corrected chi connectivity index (χ4v) is 1.54. The summed E-state index contributed by atoms with van der Waals surface area (Å²) in [6.07, 6.45) is 5.82. The first-order chi connectivity index (χ1) is 8.00. The third kappa shape index (κ3) is 4.57. The lowest BCUT2D eigenvalue weighted by atomic mass is 10.3. The molecule has 1 atom stereocenters. The molecule has 0 aliphatic carbocycles. The molecule has 0 amide bonds. The number of nitrogens with one attached hydrogen (secondary N) is 1. The van der Waals surface area contributed by atoms with Gasteiger partial charge in [-0.15, -0.1) is 0 Å². The molecular formula is C14H23N3. The lowest BCUT2D eigenvalue weighted by molar-refractivity contribution is 0.674. The molecule has 0 fully saturated rings. The topological polar surface area (TPSA) is 28.2 Å². The third-order valence-corrected chi connectivity index (χ3v) is 2.08. The van der Waals surface area contributed by atoms with Gasteiger partial charge in [-0.2, -0.15) is 0 Å². The van der Waals surface area contributed by atoms with Gasteiger partial charge in [-0.05, 0) is 38.0 Å². The number of rotatable bonds is 1. The van der Waals surface area contributed by atoms with E-state index in [1.54, 1.807) is 6.20 Å². The summed E-state index contributed by atoms with van der Waals surface area (Å²) in [6.45, 7) is 10.7. The molecule has 0 spiro atoms. The van der Waals surface area contributed by atoms with Gasteiger partial charge in [-0.25, -0.2) is 5.43 Å². The summed E-state index contributed by atoms with van der Waals surface area (Å²) < 4.78 is 0. The maximum atomic E-state index is 4.08. The summed E-state index contributed by atoms with van der Waals surface area (Å²) >= 11 is 0. The Labute approximate surface area is 105 Å². The van der Waals surface area contributed by atoms with Crippen LogP contribution in [0, 0.1) is 5.92 Å². The standard InChI is InChI=1S/C10H13N3.C4H10/c1-8-6-9(2)13(12-8)10-4-3-5-11-7-10;1-4(2)3/h3-8,12H,1-2H3;4H,1-3H3. The highest BCUT2D eigenvalue weighted by Crippen LogP contribution is 2.19. The van der Waals surface area contributed by atoms with Crippen molar-refractivity contribution in [3.05, 3.63) is 36.3 Å². The predicted octanol–water partition coefficient (Wildman–Crippen LogP) is 3.36. The van der Waals surface area contributed by atoms with Crippen molar-refractivity contribution in [3.8, 4) is 0 Å². The van der Waals surface area contributed by atoms with Crippen molar-refractivity contribution in [1.82, 2.24) is 10.4 Å². The monoisotopic (exact) mass is 233 g/mol. The number of hydrazine groups is 1. The van der Waals surface area contributed by atoms with Crippen LogP contribution in [0.4, 0.5) is 5.69 Å². The van der Waals surface area contributed by atoms with E-state index < -0.39 is 0 Å². The van der Waals surface area contributed by atoms with Gasteiger partial charge < -0.3 is 0 Å². The molecule has 1 aromatic heterocycles. The van der Waals surface area contributed by atoms with E-state index in [0.29, 0.717) is 6.04 Å². The zero-order valence-electron chi connectivity index (χ0n) is 11.4. The summed E-state index contributed by atoms with van der Waals surface area (Å²) in [7, 11) is 0. The Bertz CT molecular complexity index is 354. The number of allylic oxidation sites excluding steroid dienone is 1. The van der Waals surface area contributed by atoms with Gasteiger partial charge in [0.25, 0.3) is 0 Å². The molecule has 17 heavy (non-hydrogen) atoms. The van der Waals surface area contributed by atoms with Crippen LogP contribution < -0.4 is 10.4 Å². The molecule has 3 heteroatoms. The highest BCUT2D eigenvalue weighted by Gasteiger charge is 2.17. The number of hydrogen-bond acceptors (Lipinski definition) is 3. The van der Waals surface area contributed by atoms with E-state index in [4.69, 9.17) is 0 Å². The molecule has 0 saturated heterocycles. The highest BCUT2D eigenvalue weighted by atomic mass is 15.5. The van der Waals surface area contributed by atoms with E-state index in [9.17, 15) is 0 Å². The molecule has 1 unspecified atom stereocenters.